The zero-order chi connectivity index (χ0) is 53.4. The third kappa shape index (κ3) is 15.7. The summed E-state index contributed by atoms with van der Waals surface area (Å²) in [5.74, 6) is 3.27. The Bertz CT molecular complexity index is 3470. The second kappa shape index (κ2) is 27.9. The molecule has 1 aliphatic carbocycles. The number of hydrogen-bond acceptors (Lipinski definition) is 5. The standard InChI is InChI=1S/C12H12.2C11H11OP.C10H8BrOP.C10H9BrO.C10H7BrO/c1-9-6-7-11-5-3-4-10(2)12(11)8-9;2*1-8-3-2-4-9-5-6-10(12-13)7-11(8)9;11-10-3-1-2-7-4-5-8(12-13)6-9(7)10;2*11-10-3-1-2-7-4-5-8(12)6-9(7)10/h3-8H,1-2H3;2*2-7H,13H2,1H3;1-6H,13H2;1-3H,4-6H2;1-6,12H. The van der Waals surface area contributed by atoms with Crippen molar-refractivity contribution in [2.45, 2.75) is 47.0 Å². The van der Waals surface area contributed by atoms with Crippen LogP contribution < -0.4 is 13.6 Å². The van der Waals surface area contributed by atoms with E-state index in [2.05, 4.69) is 213 Å². The van der Waals surface area contributed by atoms with Gasteiger partial charge in [0.15, 0.2) is 0 Å². The van der Waals surface area contributed by atoms with Gasteiger partial charge >= 0.3 is 0 Å². The first-order chi connectivity index (χ1) is 36.2. The van der Waals surface area contributed by atoms with E-state index < -0.39 is 0 Å². The van der Waals surface area contributed by atoms with E-state index in [0.29, 0.717) is 24.4 Å². The van der Waals surface area contributed by atoms with Crippen LogP contribution in [-0.2, 0) is 17.6 Å². The van der Waals surface area contributed by atoms with Crippen molar-refractivity contribution in [3.63, 3.8) is 0 Å². The summed E-state index contributed by atoms with van der Waals surface area (Å²) in [7, 11) is 6.76. The van der Waals surface area contributed by atoms with Crippen LogP contribution in [0.15, 0.2) is 214 Å². The van der Waals surface area contributed by atoms with Crippen LogP contribution in [0.4, 0.5) is 0 Å². The third-order valence-corrected chi connectivity index (χ3v) is 15.6. The molecule has 11 aromatic carbocycles. The fourth-order valence-corrected chi connectivity index (χ4v) is 10.6. The first kappa shape index (κ1) is 57.0. The lowest BCUT2D eigenvalue weighted by Gasteiger charge is -2.15. The molecule has 1 N–H and O–H groups in total. The van der Waals surface area contributed by atoms with Crippen molar-refractivity contribution in [3.05, 3.63) is 247 Å². The van der Waals surface area contributed by atoms with Crippen molar-refractivity contribution in [2.24, 2.45) is 0 Å². The van der Waals surface area contributed by atoms with Crippen LogP contribution >= 0.6 is 76.2 Å². The molecule has 75 heavy (non-hydrogen) atoms. The topological polar surface area (TPSA) is 65.0 Å². The molecule has 0 saturated carbocycles. The Morgan fingerprint density at radius 1 is 0.400 bits per heavy atom. The molecule has 3 unspecified atom stereocenters. The molecule has 0 spiro atoms. The second-order valence-electron chi connectivity index (χ2n) is 17.9. The molecular formula is C64H58Br3O5P3. The van der Waals surface area contributed by atoms with Crippen LogP contribution in [0.2, 0.25) is 0 Å². The molecule has 12 rings (SSSR count). The molecule has 0 aliphatic heterocycles. The smallest absolute Gasteiger partial charge is 0.137 e. The van der Waals surface area contributed by atoms with Gasteiger partial charge in [0.05, 0.1) is 28.4 Å². The number of rotatable bonds is 3. The summed E-state index contributed by atoms with van der Waals surface area (Å²) < 4.78 is 18.4. The van der Waals surface area contributed by atoms with Crippen LogP contribution in [0.1, 0.15) is 39.8 Å². The molecule has 1 aliphatic rings. The lowest BCUT2D eigenvalue weighted by molar-refractivity contribution is -0.118. The number of phenolic OH excluding ortho intramolecular Hbond substituents is 1. The minimum absolute atomic E-state index is 0.300. The number of phenols is 1. The molecule has 0 saturated heterocycles. The van der Waals surface area contributed by atoms with Gasteiger partial charge in [0.2, 0.25) is 0 Å². The highest BCUT2D eigenvalue weighted by Crippen LogP contribution is 2.31. The molecule has 0 radical (unpaired) electrons. The minimum Gasteiger partial charge on any atom is -0.508 e. The van der Waals surface area contributed by atoms with E-state index in [4.69, 9.17) is 13.6 Å². The van der Waals surface area contributed by atoms with Crippen LogP contribution in [0.3, 0.4) is 0 Å². The number of Topliss-reactive ketones (excluding diaryl/α,β-unsaturated/α-hetero) is 1. The number of benzene rings is 11. The molecular weight excluding hydrogens is 1180 g/mol. The Hall–Kier alpha value is -5.68. The van der Waals surface area contributed by atoms with Gasteiger partial charge in [0.1, 0.15) is 28.8 Å². The maximum Gasteiger partial charge on any atom is 0.137 e. The average Bonchev–Trinajstić information content (AvgIpc) is 3.43. The Balaban J connectivity index is 0.000000131. The van der Waals surface area contributed by atoms with E-state index in [1.54, 1.807) is 12.1 Å². The molecule has 380 valence electrons. The highest BCUT2D eigenvalue weighted by molar-refractivity contribution is 9.11. The highest BCUT2D eigenvalue weighted by Gasteiger charge is 2.17. The van der Waals surface area contributed by atoms with Crippen LogP contribution in [0.5, 0.6) is 23.0 Å². The molecule has 11 heteroatoms. The van der Waals surface area contributed by atoms with Gasteiger partial charge in [0.25, 0.3) is 0 Å². The van der Waals surface area contributed by atoms with Gasteiger partial charge in [-0.1, -0.05) is 187 Å². The van der Waals surface area contributed by atoms with Crippen molar-refractivity contribution in [1.82, 2.24) is 0 Å². The zero-order valence-electron chi connectivity index (χ0n) is 42.1. The number of aromatic hydroxyl groups is 1. The number of fused-ring (bicyclic) bond motifs is 6. The second-order valence-corrected chi connectivity index (χ2v) is 21.2. The van der Waals surface area contributed by atoms with Crippen molar-refractivity contribution >= 4 is 136 Å². The average molecular weight is 1240 g/mol. The first-order valence-corrected chi connectivity index (χ1v) is 27.9. The number of carbonyl (C=O) groups is 1. The monoisotopic (exact) mass is 1240 g/mol. The Labute approximate surface area is 472 Å². The lowest BCUT2D eigenvalue weighted by atomic mass is 9.91. The number of ketones is 1. The summed E-state index contributed by atoms with van der Waals surface area (Å²) in [4.78, 5) is 11.2. The Morgan fingerprint density at radius 3 is 1.25 bits per heavy atom. The predicted octanol–water partition coefficient (Wildman–Crippen LogP) is 19.7. The number of aryl methyl sites for hydroxylation is 5. The largest absolute Gasteiger partial charge is 0.508 e. The van der Waals surface area contributed by atoms with Gasteiger partial charge in [-0.2, -0.15) is 0 Å². The van der Waals surface area contributed by atoms with Gasteiger partial charge in [-0.3, -0.25) is 4.79 Å². The first-order valence-electron chi connectivity index (χ1n) is 24.1. The molecule has 5 nitrogen and oxygen atoms in total. The zero-order valence-corrected chi connectivity index (χ0v) is 50.3. The molecule has 0 amide bonds. The summed E-state index contributed by atoms with van der Waals surface area (Å²) in [5.41, 5.74) is 7.76. The number of hydrogen-bond donors (Lipinski definition) is 1. The molecule has 0 heterocycles. The third-order valence-electron chi connectivity index (χ3n) is 12.7. The molecule has 0 bridgehead atoms. The van der Waals surface area contributed by atoms with Gasteiger partial charge in [-0.15, -0.1) is 0 Å². The van der Waals surface area contributed by atoms with Crippen molar-refractivity contribution < 1.29 is 23.5 Å². The van der Waals surface area contributed by atoms with E-state index in [1.165, 1.54) is 76.5 Å². The summed E-state index contributed by atoms with van der Waals surface area (Å²) >= 11 is 10.4. The van der Waals surface area contributed by atoms with Crippen molar-refractivity contribution in [1.29, 1.82) is 0 Å². The Morgan fingerprint density at radius 2 is 0.773 bits per heavy atom. The lowest BCUT2D eigenvalue weighted by Crippen LogP contribution is -2.13. The van der Waals surface area contributed by atoms with E-state index in [0.717, 1.165) is 47.9 Å². The van der Waals surface area contributed by atoms with Gasteiger partial charge in [0, 0.05) is 26.3 Å². The van der Waals surface area contributed by atoms with E-state index in [1.807, 2.05) is 78.9 Å². The maximum atomic E-state index is 11.2. The van der Waals surface area contributed by atoms with Crippen LogP contribution in [0, 0.1) is 27.7 Å². The van der Waals surface area contributed by atoms with E-state index >= 15 is 0 Å². The number of halogens is 3. The van der Waals surface area contributed by atoms with E-state index in [-0.39, 0.29) is 0 Å². The molecule has 3 atom stereocenters. The van der Waals surface area contributed by atoms with Gasteiger partial charge in [-0.25, -0.2) is 0 Å². The summed E-state index contributed by atoms with van der Waals surface area (Å²) in [6, 6.07) is 67.3. The quantitative estimate of drug-likeness (QED) is 0.179. The van der Waals surface area contributed by atoms with E-state index in [9.17, 15) is 9.90 Å². The number of carbonyl (C=O) groups excluding carboxylic acids is 1. The normalized spacial score (nSPS) is 11.3. The molecule has 11 aromatic rings. The van der Waals surface area contributed by atoms with Crippen molar-refractivity contribution in [2.75, 3.05) is 0 Å². The van der Waals surface area contributed by atoms with Gasteiger partial charge in [-0.05, 0) is 183 Å². The van der Waals surface area contributed by atoms with Gasteiger partial charge < -0.3 is 18.7 Å². The Kier molecular flexibility index (Phi) is 21.2. The molecule has 0 fully saturated rings. The maximum absolute atomic E-state index is 11.2. The fraction of sp³-hybridized carbons (Fsp3) is 0.109. The SMILES string of the molecule is Cc1ccc2cccc(C)c2c1.Cc1cccc2ccc(OP)cc12.Cc1cccc2ccc(OP)cc12.O=C1CCc2cccc(Br)c2C1.Oc1ccc2cccc(Br)c2c1.POc1ccc2cccc(Br)c2c1. The predicted molar refractivity (Wildman–Crippen MR) is 338 cm³/mol. The summed E-state index contributed by atoms with van der Waals surface area (Å²) in [6.45, 7) is 8.50. The molecule has 0 aromatic heterocycles. The highest BCUT2D eigenvalue weighted by atomic mass is 79.9. The van der Waals surface area contributed by atoms with Crippen molar-refractivity contribution in [3.8, 4) is 23.0 Å². The fourth-order valence-electron chi connectivity index (χ4n) is 8.61. The minimum atomic E-state index is 0.300. The summed E-state index contributed by atoms with van der Waals surface area (Å²) in [6.07, 6.45) is 2.23. The van der Waals surface area contributed by atoms with Crippen LogP contribution in [-0.4, -0.2) is 10.9 Å². The van der Waals surface area contributed by atoms with Crippen LogP contribution in [0.25, 0.3) is 53.9 Å². The summed E-state index contributed by atoms with van der Waals surface area (Å²) in [5, 5.41) is 21.5.